The Bertz CT molecular complexity index is 406. The summed E-state index contributed by atoms with van der Waals surface area (Å²) in [5.41, 5.74) is 8.31. The van der Waals surface area contributed by atoms with E-state index in [0.717, 1.165) is 0 Å². The molecule has 6 nitrogen and oxygen atoms in total. The van der Waals surface area contributed by atoms with Gasteiger partial charge in [0, 0.05) is 18.0 Å². The maximum absolute atomic E-state index is 10.9. The van der Waals surface area contributed by atoms with Gasteiger partial charge in [0.2, 0.25) is 0 Å². The molecule has 0 fully saturated rings. The Morgan fingerprint density at radius 3 is 3.13 bits per heavy atom. The second-order valence-electron chi connectivity index (χ2n) is 2.61. The van der Waals surface area contributed by atoms with Crippen LogP contribution in [0.5, 0.6) is 0 Å². The molecule has 0 saturated heterocycles. The molecule has 1 amide bonds. The van der Waals surface area contributed by atoms with Crippen LogP contribution in [0.15, 0.2) is 29.6 Å². The number of amides is 1. The van der Waals surface area contributed by atoms with Crippen molar-refractivity contribution in [1.82, 2.24) is 10.4 Å². The number of amidine groups is 1. The molecule has 3 N–H and O–H groups in total. The van der Waals surface area contributed by atoms with Gasteiger partial charge >= 0.3 is 0 Å². The van der Waals surface area contributed by atoms with Gasteiger partial charge in [-0.15, -0.1) is 0 Å². The molecule has 0 saturated carbocycles. The summed E-state index contributed by atoms with van der Waals surface area (Å²) < 4.78 is 0. The summed E-state index contributed by atoms with van der Waals surface area (Å²) in [5, 5.41) is 11.8. The topological polar surface area (TPSA) is 104 Å². The fraction of sp³-hybridized carbons (Fsp3) is 0.111. The third-order valence-corrected chi connectivity index (χ3v) is 1.50. The number of hydrogen-bond donors (Lipinski definition) is 2. The number of nitrogens with two attached hydrogens (primary N) is 1. The molecule has 0 aliphatic carbocycles. The lowest BCUT2D eigenvalue weighted by Gasteiger charge is -1.99. The van der Waals surface area contributed by atoms with Crippen molar-refractivity contribution < 1.29 is 4.79 Å². The van der Waals surface area contributed by atoms with Gasteiger partial charge in [-0.05, 0) is 12.1 Å². The molecule has 1 heterocycles. The second kappa shape index (κ2) is 5.34. The van der Waals surface area contributed by atoms with Crippen LogP contribution in [0, 0.1) is 11.3 Å². The monoisotopic (exact) mass is 203 g/mol. The lowest BCUT2D eigenvalue weighted by Crippen LogP contribution is -2.23. The van der Waals surface area contributed by atoms with E-state index >= 15 is 0 Å². The van der Waals surface area contributed by atoms with Gasteiger partial charge in [0.1, 0.15) is 6.42 Å². The smallest absolute Gasteiger partial charge is 0.254 e. The highest BCUT2D eigenvalue weighted by molar-refractivity contribution is 5.97. The average molecular weight is 203 g/mol. The van der Waals surface area contributed by atoms with Crippen molar-refractivity contribution >= 4 is 11.7 Å². The van der Waals surface area contributed by atoms with Gasteiger partial charge in [0.15, 0.2) is 5.84 Å². The van der Waals surface area contributed by atoms with Crippen LogP contribution in [-0.4, -0.2) is 16.7 Å². The highest BCUT2D eigenvalue weighted by Gasteiger charge is 2.00. The maximum atomic E-state index is 10.9. The van der Waals surface area contributed by atoms with Crippen LogP contribution in [0.25, 0.3) is 0 Å². The molecule has 0 unspecified atom stereocenters. The highest BCUT2D eigenvalue weighted by Crippen LogP contribution is 1.93. The molecule has 15 heavy (non-hydrogen) atoms. The van der Waals surface area contributed by atoms with Crippen LogP contribution in [-0.2, 0) is 4.79 Å². The van der Waals surface area contributed by atoms with E-state index in [1.54, 1.807) is 24.4 Å². The van der Waals surface area contributed by atoms with Crippen LogP contribution in [0.2, 0.25) is 0 Å². The van der Waals surface area contributed by atoms with Gasteiger partial charge in [-0.2, -0.15) is 10.4 Å². The summed E-state index contributed by atoms with van der Waals surface area (Å²) in [5.74, 6) is -0.348. The molecule has 1 aromatic rings. The predicted molar refractivity (Wildman–Crippen MR) is 53.3 cm³/mol. The summed E-state index contributed by atoms with van der Waals surface area (Å²) in [6, 6.07) is 5.11. The summed E-state index contributed by atoms with van der Waals surface area (Å²) >= 11 is 0. The molecule has 6 heteroatoms. The van der Waals surface area contributed by atoms with E-state index in [4.69, 9.17) is 11.0 Å². The molecule has 0 aliphatic rings. The van der Waals surface area contributed by atoms with Crippen molar-refractivity contribution in [3.63, 3.8) is 0 Å². The first kappa shape index (κ1) is 10.7. The molecule has 0 aliphatic heterocycles. The molecule has 0 aromatic carbocycles. The van der Waals surface area contributed by atoms with Crippen molar-refractivity contribution in [2.24, 2.45) is 10.8 Å². The fourth-order valence-corrected chi connectivity index (χ4v) is 0.813. The molecule has 0 spiro atoms. The largest absolute Gasteiger partial charge is 0.382 e. The maximum Gasteiger partial charge on any atom is 0.254 e. The van der Waals surface area contributed by atoms with Crippen molar-refractivity contribution in [2.45, 2.75) is 6.42 Å². The van der Waals surface area contributed by atoms with E-state index < -0.39 is 5.91 Å². The summed E-state index contributed by atoms with van der Waals surface area (Å²) in [6.45, 7) is 0. The van der Waals surface area contributed by atoms with E-state index in [1.807, 2.05) is 0 Å². The van der Waals surface area contributed by atoms with Crippen molar-refractivity contribution in [3.8, 4) is 6.07 Å². The molecule has 1 rings (SSSR count). The van der Waals surface area contributed by atoms with Crippen LogP contribution >= 0.6 is 0 Å². The first-order chi connectivity index (χ1) is 7.24. The van der Waals surface area contributed by atoms with Gasteiger partial charge in [-0.25, -0.2) is 5.43 Å². The van der Waals surface area contributed by atoms with Gasteiger partial charge in [-0.1, -0.05) is 0 Å². The molecule has 0 atom stereocenters. The Morgan fingerprint density at radius 1 is 1.73 bits per heavy atom. The summed E-state index contributed by atoms with van der Waals surface area (Å²) in [4.78, 5) is 14.7. The van der Waals surface area contributed by atoms with Crippen molar-refractivity contribution in [3.05, 3.63) is 30.1 Å². The van der Waals surface area contributed by atoms with Crippen LogP contribution in [0.4, 0.5) is 0 Å². The Balaban J connectivity index is 2.62. The number of hydrogen-bond acceptors (Lipinski definition) is 4. The minimum atomic E-state index is -0.496. The SMILES string of the molecule is N#CCC(=O)N/N=C(\N)c1cccnc1. The standard InChI is InChI=1S/C9H9N5O/c10-4-3-8(15)13-14-9(11)7-2-1-5-12-6-7/h1-2,5-6H,3H2,(H2,11,14)(H,13,15). The minimum Gasteiger partial charge on any atom is -0.382 e. The van der Waals surface area contributed by atoms with Crippen LogP contribution < -0.4 is 11.2 Å². The van der Waals surface area contributed by atoms with Crippen LogP contribution in [0.1, 0.15) is 12.0 Å². The van der Waals surface area contributed by atoms with Gasteiger partial charge < -0.3 is 5.73 Å². The highest BCUT2D eigenvalue weighted by atomic mass is 16.2. The number of carbonyl (C=O) groups is 1. The molecule has 1 aromatic heterocycles. The Morgan fingerprint density at radius 2 is 2.53 bits per heavy atom. The Kier molecular flexibility index (Phi) is 3.79. The minimum absolute atomic E-state index is 0.148. The summed E-state index contributed by atoms with van der Waals surface area (Å²) in [6.07, 6.45) is 2.88. The number of nitriles is 1. The van der Waals surface area contributed by atoms with Crippen LogP contribution in [0.3, 0.4) is 0 Å². The van der Waals surface area contributed by atoms with Crippen molar-refractivity contribution in [2.75, 3.05) is 0 Å². The van der Waals surface area contributed by atoms with Gasteiger partial charge in [-0.3, -0.25) is 9.78 Å². The summed E-state index contributed by atoms with van der Waals surface area (Å²) in [7, 11) is 0. The zero-order valence-corrected chi connectivity index (χ0v) is 7.84. The third kappa shape index (κ3) is 3.44. The van der Waals surface area contributed by atoms with Gasteiger partial charge in [0.25, 0.3) is 5.91 Å². The number of nitrogens with one attached hydrogen (secondary N) is 1. The average Bonchev–Trinajstić information content (AvgIpc) is 2.27. The third-order valence-electron chi connectivity index (χ3n) is 1.50. The van der Waals surface area contributed by atoms with Gasteiger partial charge in [0.05, 0.1) is 6.07 Å². The van der Waals surface area contributed by atoms with E-state index in [-0.39, 0.29) is 12.3 Å². The zero-order valence-electron chi connectivity index (χ0n) is 7.84. The number of pyridine rings is 1. The molecular weight excluding hydrogens is 194 g/mol. The molecule has 0 bridgehead atoms. The Labute approximate surface area is 86.4 Å². The predicted octanol–water partition coefficient (Wildman–Crippen LogP) is -0.268. The lowest BCUT2D eigenvalue weighted by molar-refractivity contribution is -0.120. The quantitative estimate of drug-likeness (QED) is 0.401. The zero-order chi connectivity index (χ0) is 11.1. The van der Waals surface area contributed by atoms with E-state index in [2.05, 4.69) is 15.5 Å². The Hall–Kier alpha value is -2.42. The molecule has 0 radical (unpaired) electrons. The molecular formula is C9H9N5O. The fourth-order valence-electron chi connectivity index (χ4n) is 0.813. The van der Waals surface area contributed by atoms with E-state index in [1.165, 1.54) is 6.20 Å². The van der Waals surface area contributed by atoms with Crippen molar-refractivity contribution in [1.29, 1.82) is 5.26 Å². The first-order valence-electron chi connectivity index (χ1n) is 4.13. The lowest BCUT2D eigenvalue weighted by atomic mass is 10.3. The number of aromatic nitrogens is 1. The molecule has 76 valence electrons. The van der Waals surface area contributed by atoms with E-state index in [9.17, 15) is 4.79 Å². The number of nitrogens with zero attached hydrogens (tertiary/aromatic N) is 3. The number of hydrazone groups is 1. The number of carbonyl (C=O) groups excluding carboxylic acids is 1. The number of rotatable bonds is 3. The van der Waals surface area contributed by atoms with E-state index in [0.29, 0.717) is 5.56 Å². The first-order valence-corrected chi connectivity index (χ1v) is 4.13. The normalized spacial score (nSPS) is 10.5. The second-order valence-corrected chi connectivity index (χ2v) is 2.61.